The average molecular weight is 380 g/mol. The quantitative estimate of drug-likeness (QED) is 0.553. The monoisotopic (exact) mass is 379 g/mol. The minimum Gasteiger partial charge on any atom is -0.471 e. The molecule has 0 amide bonds. The van der Waals surface area contributed by atoms with Gasteiger partial charge in [-0.3, -0.25) is 4.72 Å². The van der Waals surface area contributed by atoms with Gasteiger partial charge in [0.2, 0.25) is 5.88 Å². The maximum atomic E-state index is 13.0. The number of aromatic nitrogens is 1. The summed E-state index contributed by atoms with van der Waals surface area (Å²) in [6.07, 6.45) is 2.96. The van der Waals surface area contributed by atoms with Crippen LogP contribution in [0.2, 0.25) is 0 Å². The van der Waals surface area contributed by atoms with Gasteiger partial charge in [0.1, 0.15) is 11.9 Å². The number of nitrogens with one attached hydrogen (secondary N) is 2. The molecule has 0 spiro atoms. The highest BCUT2D eigenvalue weighted by Gasteiger charge is 2.11. The van der Waals surface area contributed by atoms with Gasteiger partial charge in [-0.15, -0.1) is 0 Å². The topological polar surface area (TPSA) is 55.4 Å². The summed E-state index contributed by atoms with van der Waals surface area (Å²) in [7, 11) is 0. The van der Waals surface area contributed by atoms with Crippen molar-refractivity contribution in [2.75, 3.05) is 26.0 Å². The molecule has 2 N–H and O–H groups in total. The molecule has 0 radical (unpaired) electrons. The second kappa shape index (κ2) is 11.9. The standard InChI is InChI=1S/C19H26FN3O2S/c1-3-24-14-18(25-19-9-8-17(20)12-22-19)13-21-10-15-4-6-16(7-5-15)11-23-26-2/h4-9,12,18,21,23H,3,10-11,13-14H2,1-2H3. The lowest BCUT2D eigenvalue weighted by molar-refractivity contribution is 0.0539. The normalized spacial score (nSPS) is 12.1. The van der Waals surface area contributed by atoms with Crippen LogP contribution in [-0.4, -0.2) is 37.1 Å². The molecule has 0 aliphatic heterocycles. The molecule has 7 heteroatoms. The molecule has 5 nitrogen and oxygen atoms in total. The molecule has 0 saturated heterocycles. The van der Waals surface area contributed by atoms with Crippen molar-refractivity contribution in [3.8, 4) is 5.88 Å². The lowest BCUT2D eigenvalue weighted by Gasteiger charge is -2.19. The van der Waals surface area contributed by atoms with E-state index in [2.05, 4.69) is 39.3 Å². The fourth-order valence-electron chi connectivity index (χ4n) is 2.29. The maximum absolute atomic E-state index is 13.0. The minimum absolute atomic E-state index is 0.196. The van der Waals surface area contributed by atoms with Crippen molar-refractivity contribution in [3.05, 3.63) is 59.5 Å². The highest BCUT2D eigenvalue weighted by Crippen LogP contribution is 2.10. The molecule has 1 heterocycles. The first-order chi connectivity index (χ1) is 12.7. The number of hydrogen-bond acceptors (Lipinski definition) is 6. The molecule has 0 saturated carbocycles. The Morgan fingerprint density at radius 3 is 2.46 bits per heavy atom. The Labute approximate surface area is 158 Å². The van der Waals surface area contributed by atoms with Gasteiger partial charge in [-0.05, 0) is 30.4 Å². The Hall–Kier alpha value is -1.67. The van der Waals surface area contributed by atoms with E-state index in [4.69, 9.17) is 9.47 Å². The van der Waals surface area contributed by atoms with E-state index in [1.165, 1.54) is 23.3 Å². The van der Waals surface area contributed by atoms with Gasteiger partial charge in [-0.2, -0.15) is 0 Å². The molecule has 2 aromatic rings. The van der Waals surface area contributed by atoms with Crippen molar-refractivity contribution in [2.45, 2.75) is 26.1 Å². The number of nitrogens with zero attached hydrogens (tertiary/aromatic N) is 1. The summed E-state index contributed by atoms with van der Waals surface area (Å²) in [5, 5.41) is 3.38. The fraction of sp³-hybridized carbons (Fsp3) is 0.421. The second-order valence-electron chi connectivity index (χ2n) is 5.69. The number of ether oxygens (including phenoxy) is 2. The van der Waals surface area contributed by atoms with Crippen LogP contribution in [0, 0.1) is 5.82 Å². The molecular formula is C19H26FN3O2S. The Morgan fingerprint density at radius 1 is 1.12 bits per heavy atom. The van der Waals surface area contributed by atoms with Crippen LogP contribution in [0.5, 0.6) is 5.88 Å². The first-order valence-corrected chi connectivity index (χ1v) is 9.84. The van der Waals surface area contributed by atoms with Crippen molar-refractivity contribution in [1.82, 2.24) is 15.0 Å². The van der Waals surface area contributed by atoms with E-state index >= 15 is 0 Å². The SMILES string of the molecule is CCOCC(CNCc1ccc(CNSC)cc1)Oc1ccc(F)cn1. The summed E-state index contributed by atoms with van der Waals surface area (Å²) < 4.78 is 27.5. The van der Waals surface area contributed by atoms with E-state index in [9.17, 15) is 4.39 Å². The summed E-state index contributed by atoms with van der Waals surface area (Å²) in [4.78, 5) is 3.94. The lowest BCUT2D eigenvalue weighted by atomic mass is 10.1. The first-order valence-electron chi connectivity index (χ1n) is 8.61. The van der Waals surface area contributed by atoms with Crippen LogP contribution >= 0.6 is 11.9 Å². The third-order valence-electron chi connectivity index (χ3n) is 3.64. The van der Waals surface area contributed by atoms with Crippen LogP contribution in [-0.2, 0) is 17.8 Å². The highest BCUT2D eigenvalue weighted by atomic mass is 32.2. The predicted molar refractivity (Wildman–Crippen MR) is 104 cm³/mol. The van der Waals surface area contributed by atoms with E-state index in [1.54, 1.807) is 11.9 Å². The zero-order valence-electron chi connectivity index (χ0n) is 15.2. The van der Waals surface area contributed by atoms with E-state index in [-0.39, 0.29) is 11.9 Å². The number of benzene rings is 1. The predicted octanol–water partition coefficient (Wildman–Crippen LogP) is 3.16. The first kappa shape index (κ1) is 20.6. The number of pyridine rings is 1. The second-order valence-corrected chi connectivity index (χ2v) is 6.38. The molecule has 26 heavy (non-hydrogen) atoms. The van der Waals surface area contributed by atoms with Gasteiger partial charge in [0, 0.05) is 32.3 Å². The summed E-state index contributed by atoms with van der Waals surface area (Å²) in [6, 6.07) is 11.3. The molecule has 1 unspecified atom stereocenters. The molecule has 1 aromatic carbocycles. The summed E-state index contributed by atoms with van der Waals surface area (Å²) in [5.74, 6) is 0.0107. The van der Waals surface area contributed by atoms with Gasteiger partial charge < -0.3 is 14.8 Å². The van der Waals surface area contributed by atoms with E-state index in [0.717, 1.165) is 19.3 Å². The zero-order chi connectivity index (χ0) is 18.6. The number of halogens is 1. The summed E-state index contributed by atoms with van der Waals surface area (Å²) in [6.45, 7) is 5.19. The molecule has 1 atom stereocenters. The lowest BCUT2D eigenvalue weighted by Crippen LogP contribution is -2.35. The molecule has 0 aliphatic carbocycles. The van der Waals surface area contributed by atoms with Crippen LogP contribution in [0.25, 0.3) is 0 Å². The largest absolute Gasteiger partial charge is 0.471 e. The third-order valence-corrected chi connectivity index (χ3v) is 4.07. The van der Waals surface area contributed by atoms with Gasteiger partial charge >= 0.3 is 0 Å². The number of hydrogen-bond donors (Lipinski definition) is 2. The third kappa shape index (κ3) is 7.70. The van der Waals surface area contributed by atoms with Crippen molar-refractivity contribution in [1.29, 1.82) is 0 Å². The minimum atomic E-state index is -0.381. The van der Waals surface area contributed by atoms with Crippen molar-refractivity contribution >= 4 is 11.9 Å². The zero-order valence-corrected chi connectivity index (χ0v) is 16.0. The molecular weight excluding hydrogens is 353 g/mol. The van der Waals surface area contributed by atoms with Gasteiger partial charge in [0.25, 0.3) is 0 Å². The van der Waals surface area contributed by atoms with Gasteiger partial charge in [-0.1, -0.05) is 36.2 Å². The molecule has 0 aliphatic rings. The highest BCUT2D eigenvalue weighted by molar-refractivity contribution is 7.96. The Bertz CT molecular complexity index is 626. The van der Waals surface area contributed by atoms with Crippen LogP contribution in [0.4, 0.5) is 4.39 Å². The molecule has 0 fully saturated rings. The van der Waals surface area contributed by atoms with Crippen LogP contribution < -0.4 is 14.8 Å². The van der Waals surface area contributed by atoms with Crippen LogP contribution in [0.15, 0.2) is 42.6 Å². The van der Waals surface area contributed by atoms with Gasteiger partial charge in [0.05, 0.1) is 12.8 Å². The van der Waals surface area contributed by atoms with Crippen LogP contribution in [0.3, 0.4) is 0 Å². The summed E-state index contributed by atoms with van der Waals surface area (Å²) in [5.41, 5.74) is 2.45. The van der Waals surface area contributed by atoms with Crippen LogP contribution in [0.1, 0.15) is 18.1 Å². The number of rotatable bonds is 12. The van der Waals surface area contributed by atoms with E-state index in [0.29, 0.717) is 25.6 Å². The summed E-state index contributed by atoms with van der Waals surface area (Å²) >= 11 is 1.61. The van der Waals surface area contributed by atoms with Crippen molar-refractivity contribution in [2.24, 2.45) is 0 Å². The Kier molecular flexibility index (Phi) is 9.41. The fourth-order valence-corrected chi connectivity index (χ4v) is 2.61. The smallest absolute Gasteiger partial charge is 0.213 e. The Balaban J connectivity index is 1.81. The molecule has 2 rings (SSSR count). The van der Waals surface area contributed by atoms with Gasteiger partial charge in [0.15, 0.2) is 0 Å². The van der Waals surface area contributed by atoms with E-state index < -0.39 is 0 Å². The Morgan fingerprint density at radius 2 is 1.85 bits per heavy atom. The van der Waals surface area contributed by atoms with Crippen molar-refractivity contribution < 1.29 is 13.9 Å². The van der Waals surface area contributed by atoms with Gasteiger partial charge in [-0.25, -0.2) is 9.37 Å². The molecule has 142 valence electrons. The van der Waals surface area contributed by atoms with Crippen molar-refractivity contribution in [3.63, 3.8) is 0 Å². The van der Waals surface area contributed by atoms with E-state index in [1.807, 2.05) is 13.2 Å². The molecule has 0 bridgehead atoms. The molecule has 1 aromatic heterocycles. The average Bonchev–Trinajstić information content (AvgIpc) is 2.67. The maximum Gasteiger partial charge on any atom is 0.213 e.